The second kappa shape index (κ2) is 6.12. The van der Waals surface area contributed by atoms with E-state index in [0.717, 1.165) is 23.1 Å². The Bertz CT molecular complexity index is 481. The first-order chi connectivity index (χ1) is 8.70. The van der Waals surface area contributed by atoms with Crippen molar-refractivity contribution in [1.82, 2.24) is 15.3 Å². The van der Waals surface area contributed by atoms with Gasteiger partial charge >= 0.3 is 0 Å². The van der Waals surface area contributed by atoms with E-state index in [0.29, 0.717) is 5.88 Å². The van der Waals surface area contributed by atoms with E-state index in [1.807, 2.05) is 30.7 Å². The highest BCUT2D eigenvalue weighted by molar-refractivity contribution is 7.15. The molecule has 1 N–H and O–H groups in total. The first-order valence-corrected chi connectivity index (χ1v) is 7.19. The molecule has 0 aliphatic heterocycles. The molecule has 0 aromatic carbocycles. The van der Waals surface area contributed by atoms with Gasteiger partial charge in [-0.25, -0.2) is 0 Å². The summed E-state index contributed by atoms with van der Waals surface area (Å²) in [6.07, 6.45) is 1.88. The van der Waals surface area contributed by atoms with Crippen LogP contribution >= 0.6 is 22.7 Å². The van der Waals surface area contributed by atoms with Crippen LogP contribution in [0.3, 0.4) is 0 Å². The van der Waals surface area contributed by atoms with Crippen molar-refractivity contribution >= 4 is 27.8 Å². The average Bonchev–Trinajstić information content (AvgIpc) is 2.97. The zero-order valence-electron chi connectivity index (χ0n) is 10.6. The van der Waals surface area contributed by atoms with Crippen LogP contribution in [0.5, 0.6) is 5.88 Å². The summed E-state index contributed by atoms with van der Waals surface area (Å²) >= 11 is 3.30. The predicted molar refractivity (Wildman–Crippen MR) is 75.7 cm³/mol. The molecule has 0 aliphatic carbocycles. The fourth-order valence-corrected chi connectivity index (χ4v) is 2.90. The van der Waals surface area contributed by atoms with E-state index >= 15 is 0 Å². The fraction of sp³-hybridized carbons (Fsp3) is 0.455. The quantitative estimate of drug-likeness (QED) is 0.879. The predicted octanol–water partition coefficient (Wildman–Crippen LogP) is 1.96. The number of thiazole rings is 2. The number of anilines is 1. The Morgan fingerprint density at radius 1 is 1.39 bits per heavy atom. The summed E-state index contributed by atoms with van der Waals surface area (Å²) in [5.74, 6) is 0.709. The SMILES string of the molecule is COc1nc(N(C)C)sc1CNCc1cncs1. The standard InChI is InChI=1S/C11H16N4OS2/c1-15(2)11-14-10(16-3)9(18-11)6-12-4-8-5-13-7-17-8/h5,7,12H,4,6H2,1-3H3. The third-order valence-corrected chi connectivity index (χ3v) is 4.28. The Hall–Kier alpha value is -1.18. The third kappa shape index (κ3) is 3.18. The number of aromatic nitrogens is 2. The molecule has 5 nitrogen and oxygen atoms in total. The Kier molecular flexibility index (Phi) is 4.51. The molecule has 0 amide bonds. The van der Waals surface area contributed by atoms with Crippen molar-refractivity contribution in [3.63, 3.8) is 0 Å². The molecule has 0 atom stereocenters. The number of nitrogens with zero attached hydrogens (tertiary/aromatic N) is 3. The van der Waals surface area contributed by atoms with Gasteiger partial charge in [0.2, 0.25) is 5.88 Å². The highest BCUT2D eigenvalue weighted by Gasteiger charge is 2.12. The van der Waals surface area contributed by atoms with Crippen LogP contribution in [0.1, 0.15) is 9.75 Å². The molecule has 2 aromatic heterocycles. The Balaban J connectivity index is 1.95. The van der Waals surface area contributed by atoms with E-state index in [1.54, 1.807) is 29.8 Å². The van der Waals surface area contributed by atoms with Crippen LogP contribution in [-0.4, -0.2) is 31.2 Å². The van der Waals surface area contributed by atoms with Crippen LogP contribution in [0.25, 0.3) is 0 Å². The molecule has 7 heteroatoms. The van der Waals surface area contributed by atoms with Crippen LogP contribution in [0, 0.1) is 0 Å². The number of hydrogen-bond donors (Lipinski definition) is 1. The van der Waals surface area contributed by atoms with Gasteiger partial charge in [-0.05, 0) is 0 Å². The minimum absolute atomic E-state index is 0.709. The van der Waals surface area contributed by atoms with E-state index in [4.69, 9.17) is 4.74 Å². The van der Waals surface area contributed by atoms with Gasteiger partial charge in [0.15, 0.2) is 5.13 Å². The second-order valence-electron chi connectivity index (χ2n) is 3.89. The van der Waals surface area contributed by atoms with Gasteiger partial charge in [0, 0.05) is 38.3 Å². The Morgan fingerprint density at radius 3 is 2.83 bits per heavy atom. The lowest BCUT2D eigenvalue weighted by Gasteiger charge is -2.04. The molecular weight excluding hydrogens is 268 g/mol. The smallest absolute Gasteiger partial charge is 0.230 e. The molecule has 0 spiro atoms. The summed E-state index contributed by atoms with van der Waals surface area (Å²) in [6.45, 7) is 1.58. The van der Waals surface area contributed by atoms with Gasteiger partial charge < -0.3 is 15.0 Å². The van der Waals surface area contributed by atoms with Crippen molar-refractivity contribution < 1.29 is 4.74 Å². The van der Waals surface area contributed by atoms with Gasteiger partial charge in [-0.2, -0.15) is 4.98 Å². The van der Waals surface area contributed by atoms with Gasteiger partial charge in [0.1, 0.15) is 0 Å². The van der Waals surface area contributed by atoms with E-state index in [1.165, 1.54) is 4.88 Å². The molecule has 0 unspecified atom stereocenters. The third-order valence-electron chi connectivity index (χ3n) is 2.29. The number of methoxy groups -OCH3 is 1. The number of nitrogens with one attached hydrogen (secondary N) is 1. The first-order valence-electron chi connectivity index (χ1n) is 5.49. The van der Waals surface area contributed by atoms with Gasteiger partial charge in [0.25, 0.3) is 0 Å². The van der Waals surface area contributed by atoms with Crippen molar-refractivity contribution in [2.24, 2.45) is 0 Å². The van der Waals surface area contributed by atoms with Gasteiger partial charge in [-0.15, -0.1) is 11.3 Å². The first kappa shape index (κ1) is 13.3. The maximum atomic E-state index is 5.29. The molecular formula is C11H16N4OS2. The molecule has 0 saturated carbocycles. The second-order valence-corrected chi connectivity index (χ2v) is 5.93. The van der Waals surface area contributed by atoms with Crippen molar-refractivity contribution in [3.05, 3.63) is 21.5 Å². The van der Waals surface area contributed by atoms with Crippen molar-refractivity contribution in [2.75, 3.05) is 26.1 Å². The summed E-state index contributed by atoms with van der Waals surface area (Å²) in [5.41, 5.74) is 1.84. The fourth-order valence-electron chi connectivity index (χ4n) is 1.42. The van der Waals surface area contributed by atoms with E-state index < -0.39 is 0 Å². The van der Waals surface area contributed by atoms with Gasteiger partial charge in [-0.3, -0.25) is 4.98 Å². The normalized spacial score (nSPS) is 10.6. The topological polar surface area (TPSA) is 50.3 Å². The summed E-state index contributed by atoms with van der Waals surface area (Å²) < 4.78 is 5.29. The highest BCUT2D eigenvalue weighted by Crippen LogP contribution is 2.30. The number of ether oxygens (including phenoxy) is 1. The van der Waals surface area contributed by atoms with Gasteiger partial charge in [-0.1, -0.05) is 11.3 Å². The van der Waals surface area contributed by atoms with Crippen molar-refractivity contribution in [1.29, 1.82) is 0 Å². The minimum atomic E-state index is 0.709. The molecule has 0 aliphatic rings. The van der Waals surface area contributed by atoms with E-state index in [2.05, 4.69) is 15.3 Å². The number of rotatable bonds is 6. The van der Waals surface area contributed by atoms with Crippen molar-refractivity contribution in [3.8, 4) is 5.88 Å². The van der Waals surface area contributed by atoms with E-state index in [9.17, 15) is 0 Å². The van der Waals surface area contributed by atoms with Crippen LogP contribution in [0.2, 0.25) is 0 Å². The van der Waals surface area contributed by atoms with Crippen LogP contribution in [0.4, 0.5) is 5.13 Å². The molecule has 18 heavy (non-hydrogen) atoms. The molecule has 0 radical (unpaired) electrons. The van der Waals surface area contributed by atoms with Crippen LogP contribution < -0.4 is 15.0 Å². The van der Waals surface area contributed by atoms with Gasteiger partial charge in [0.05, 0.1) is 17.5 Å². The molecule has 2 rings (SSSR count). The largest absolute Gasteiger partial charge is 0.480 e. The summed E-state index contributed by atoms with van der Waals surface area (Å²) in [7, 11) is 5.61. The number of hydrogen-bond acceptors (Lipinski definition) is 7. The molecule has 0 saturated heterocycles. The van der Waals surface area contributed by atoms with E-state index in [-0.39, 0.29) is 0 Å². The summed E-state index contributed by atoms with van der Waals surface area (Å²) in [4.78, 5) is 12.8. The minimum Gasteiger partial charge on any atom is -0.480 e. The lowest BCUT2D eigenvalue weighted by Crippen LogP contribution is -2.11. The average molecular weight is 284 g/mol. The zero-order valence-corrected chi connectivity index (χ0v) is 12.3. The molecule has 2 heterocycles. The zero-order chi connectivity index (χ0) is 13.0. The summed E-state index contributed by atoms with van der Waals surface area (Å²) in [6, 6.07) is 0. The van der Waals surface area contributed by atoms with Crippen LogP contribution in [-0.2, 0) is 13.1 Å². The van der Waals surface area contributed by atoms with Crippen molar-refractivity contribution in [2.45, 2.75) is 13.1 Å². The van der Waals surface area contributed by atoms with Crippen LogP contribution in [0.15, 0.2) is 11.7 Å². The molecule has 0 bridgehead atoms. The summed E-state index contributed by atoms with van der Waals surface area (Å²) in [5, 5.41) is 4.33. The monoisotopic (exact) mass is 284 g/mol. The Labute approximate surface area is 114 Å². The lowest BCUT2D eigenvalue weighted by molar-refractivity contribution is 0.395. The lowest BCUT2D eigenvalue weighted by atomic mass is 10.4. The molecule has 0 fully saturated rings. The molecule has 98 valence electrons. The Morgan fingerprint density at radius 2 is 2.22 bits per heavy atom. The molecule has 2 aromatic rings. The maximum Gasteiger partial charge on any atom is 0.230 e. The highest BCUT2D eigenvalue weighted by atomic mass is 32.1. The maximum absolute atomic E-state index is 5.29.